The van der Waals surface area contributed by atoms with Gasteiger partial charge in [0.1, 0.15) is 11.6 Å². The molecule has 0 saturated heterocycles. The summed E-state index contributed by atoms with van der Waals surface area (Å²) in [4.78, 5) is 20.1. The van der Waals surface area contributed by atoms with E-state index in [-0.39, 0.29) is 11.2 Å². The fourth-order valence-electron chi connectivity index (χ4n) is 4.67. The molecule has 1 heterocycles. The Morgan fingerprint density at radius 3 is 2.00 bits per heavy atom. The summed E-state index contributed by atoms with van der Waals surface area (Å²) >= 11 is 0. The van der Waals surface area contributed by atoms with Crippen LogP contribution in [0.3, 0.4) is 0 Å². The molecule has 38 heavy (non-hydrogen) atoms. The summed E-state index contributed by atoms with van der Waals surface area (Å²) < 4.78 is 55.3. The van der Waals surface area contributed by atoms with Crippen molar-refractivity contribution in [3.8, 4) is 0 Å². The first kappa shape index (κ1) is 25.2. The molecule has 0 N–H and O–H groups in total. The van der Waals surface area contributed by atoms with E-state index in [9.17, 15) is 22.4 Å². The van der Waals surface area contributed by atoms with Gasteiger partial charge in [0.15, 0.2) is 0 Å². The molecular weight excluding hydrogens is 494 g/mol. The van der Waals surface area contributed by atoms with E-state index >= 15 is 0 Å². The highest BCUT2D eigenvalue weighted by Crippen LogP contribution is 2.34. The van der Waals surface area contributed by atoms with Crippen LogP contribution in [0.25, 0.3) is 10.9 Å². The molecule has 0 aliphatic rings. The Balaban J connectivity index is 1.65. The number of aromatic nitrogens is 2. The van der Waals surface area contributed by atoms with E-state index in [0.717, 1.165) is 23.3 Å². The van der Waals surface area contributed by atoms with Gasteiger partial charge >= 0.3 is 6.18 Å². The first-order valence-electron chi connectivity index (χ1n) is 11.9. The standard InChI is InChI=1S/C30H23F4N3O/c1-19-35-26-15-14-23(36(2)27-16-13-22(17-25(27)31)30(32,33)34)18-24(26)29(38)37(19)28(20-9-5-3-6-10-20)21-11-7-4-8-12-21/h3-18,28H,1-2H3. The van der Waals surface area contributed by atoms with Gasteiger partial charge in [-0.05, 0) is 54.4 Å². The molecule has 8 heteroatoms. The normalized spacial score (nSPS) is 11.8. The van der Waals surface area contributed by atoms with Crippen LogP contribution >= 0.6 is 0 Å². The Morgan fingerprint density at radius 2 is 1.45 bits per heavy atom. The summed E-state index contributed by atoms with van der Waals surface area (Å²) in [5, 5.41) is 0.309. The highest BCUT2D eigenvalue weighted by atomic mass is 19.4. The summed E-state index contributed by atoms with van der Waals surface area (Å²) in [5.74, 6) is -0.495. The molecule has 0 radical (unpaired) electrons. The molecule has 0 unspecified atom stereocenters. The van der Waals surface area contributed by atoms with E-state index < -0.39 is 23.6 Å². The minimum Gasteiger partial charge on any atom is -0.342 e. The first-order chi connectivity index (χ1) is 18.1. The number of benzene rings is 4. The van der Waals surface area contributed by atoms with Crippen LogP contribution in [-0.2, 0) is 6.18 Å². The quantitative estimate of drug-likeness (QED) is 0.230. The zero-order valence-electron chi connectivity index (χ0n) is 20.6. The van der Waals surface area contributed by atoms with E-state index in [1.807, 2.05) is 60.7 Å². The third-order valence-electron chi connectivity index (χ3n) is 6.57. The number of aryl methyl sites for hydroxylation is 1. The van der Waals surface area contributed by atoms with Crippen LogP contribution in [0.4, 0.5) is 28.9 Å². The summed E-state index contributed by atoms with van der Waals surface area (Å²) in [7, 11) is 1.53. The summed E-state index contributed by atoms with van der Waals surface area (Å²) in [6.45, 7) is 1.78. The number of halogens is 4. The Labute approximate surface area is 216 Å². The van der Waals surface area contributed by atoms with Crippen LogP contribution in [-0.4, -0.2) is 16.6 Å². The molecular formula is C30H23F4N3O. The molecule has 192 valence electrons. The van der Waals surface area contributed by atoms with Crippen LogP contribution in [0.5, 0.6) is 0 Å². The van der Waals surface area contributed by atoms with Gasteiger partial charge in [-0.2, -0.15) is 13.2 Å². The maximum absolute atomic E-state index is 14.7. The van der Waals surface area contributed by atoms with Crippen molar-refractivity contribution in [3.05, 3.63) is 136 Å². The minimum atomic E-state index is -4.65. The Morgan fingerprint density at radius 1 is 0.842 bits per heavy atom. The predicted octanol–water partition coefficient (Wildman–Crippen LogP) is 7.27. The van der Waals surface area contributed by atoms with Crippen molar-refractivity contribution in [2.45, 2.75) is 19.1 Å². The van der Waals surface area contributed by atoms with E-state index in [2.05, 4.69) is 4.98 Å². The lowest BCUT2D eigenvalue weighted by Gasteiger charge is -2.24. The molecule has 4 aromatic carbocycles. The second-order valence-corrected chi connectivity index (χ2v) is 8.98. The Bertz CT molecular complexity index is 1630. The molecule has 0 amide bonds. The maximum Gasteiger partial charge on any atom is 0.416 e. The van der Waals surface area contributed by atoms with E-state index in [4.69, 9.17) is 0 Å². The highest BCUT2D eigenvalue weighted by molar-refractivity contribution is 5.83. The average Bonchev–Trinajstić information content (AvgIpc) is 2.91. The van der Waals surface area contributed by atoms with Crippen LogP contribution in [0.15, 0.2) is 102 Å². The lowest BCUT2D eigenvalue weighted by Crippen LogP contribution is -2.29. The molecule has 5 aromatic rings. The first-order valence-corrected chi connectivity index (χ1v) is 11.9. The van der Waals surface area contributed by atoms with Crippen LogP contribution in [0.1, 0.15) is 28.6 Å². The highest BCUT2D eigenvalue weighted by Gasteiger charge is 2.31. The monoisotopic (exact) mass is 517 g/mol. The zero-order chi connectivity index (χ0) is 27.0. The molecule has 0 bridgehead atoms. The topological polar surface area (TPSA) is 38.1 Å². The summed E-state index contributed by atoms with van der Waals surface area (Å²) in [6, 6.07) is 26.1. The smallest absolute Gasteiger partial charge is 0.342 e. The molecule has 0 fully saturated rings. The van der Waals surface area contributed by atoms with Crippen molar-refractivity contribution in [3.63, 3.8) is 0 Å². The Kier molecular flexibility index (Phi) is 6.48. The predicted molar refractivity (Wildman–Crippen MR) is 140 cm³/mol. The van der Waals surface area contributed by atoms with Crippen LogP contribution < -0.4 is 10.5 Å². The number of rotatable bonds is 5. The number of hydrogen-bond acceptors (Lipinski definition) is 3. The van der Waals surface area contributed by atoms with Crippen molar-refractivity contribution < 1.29 is 17.6 Å². The van der Waals surface area contributed by atoms with Crippen molar-refractivity contribution >= 4 is 22.3 Å². The third kappa shape index (κ3) is 4.65. The Hall–Kier alpha value is -4.46. The van der Waals surface area contributed by atoms with Crippen molar-refractivity contribution in [2.75, 3.05) is 11.9 Å². The third-order valence-corrected chi connectivity index (χ3v) is 6.57. The fraction of sp³-hybridized carbons (Fsp3) is 0.133. The molecule has 0 saturated carbocycles. The molecule has 0 aliphatic heterocycles. The molecule has 0 spiro atoms. The van der Waals surface area contributed by atoms with Gasteiger partial charge in [0.2, 0.25) is 0 Å². The van der Waals surface area contributed by atoms with Crippen LogP contribution in [0.2, 0.25) is 0 Å². The van der Waals surface area contributed by atoms with Gasteiger partial charge in [0.05, 0.1) is 28.2 Å². The van der Waals surface area contributed by atoms with Gasteiger partial charge in [0.25, 0.3) is 5.56 Å². The molecule has 0 atom stereocenters. The fourth-order valence-corrected chi connectivity index (χ4v) is 4.67. The largest absolute Gasteiger partial charge is 0.416 e. The minimum absolute atomic E-state index is 0.0517. The summed E-state index contributed by atoms with van der Waals surface area (Å²) in [6.07, 6.45) is -4.65. The number of anilines is 2. The van der Waals surface area contributed by atoms with Gasteiger partial charge in [-0.25, -0.2) is 9.37 Å². The van der Waals surface area contributed by atoms with Gasteiger partial charge in [-0.15, -0.1) is 0 Å². The maximum atomic E-state index is 14.7. The molecule has 1 aromatic heterocycles. The zero-order valence-corrected chi connectivity index (χ0v) is 20.6. The number of alkyl halides is 3. The van der Waals surface area contributed by atoms with Gasteiger partial charge in [-0.1, -0.05) is 60.7 Å². The van der Waals surface area contributed by atoms with Crippen molar-refractivity contribution in [1.29, 1.82) is 0 Å². The number of nitrogens with zero attached hydrogens (tertiary/aromatic N) is 3. The molecule has 0 aliphatic carbocycles. The SMILES string of the molecule is Cc1nc2ccc(N(C)c3ccc(C(F)(F)F)cc3F)cc2c(=O)n1C(c1ccccc1)c1ccccc1. The van der Waals surface area contributed by atoms with E-state index in [1.165, 1.54) is 11.9 Å². The van der Waals surface area contributed by atoms with E-state index in [1.54, 1.807) is 29.7 Å². The van der Waals surface area contributed by atoms with Crippen LogP contribution in [0, 0.1) is 12.7 Å². The van der Waals surface area contributed by atoms with Gasteiger partial charge in [0, 0.05) is 12.7 Å². The van der Waals surface area contributed by atoms with Crippen molar-refractivity contribution in [2.24, 2.45) is 0 Å². The molecule has 4 nitrogen and oxygen atoms in total. The summed E-state index contributed by atoms with van der Waals surface area (Å²) in [5.41, 5.74) is 1.31. The van der Waals surface area contributed by atoms with Gasteiger partial charge in [-0.3, -0.25) is 9.36 Å². The second kappa shape index (κ2) is 9.78. The molecule has 5 rings (SSSR count). The number of hydrogen-bond donors (Lipinski definition) is 0. The average molecular weight is 518 g/mol. The number of fused-ring (bicyclic) bond motifs is 1. The lowest BCUT2D eigenvalue weighted by atomic mass is 9.98. The second-order valence-electron chi connectivity index (χ2n) is 8.98. The van der Waals surface area contributed by atoms with Crippen molar-refractivity contribution in [1.82, 2.24) is 9.55 Å². The van der Waals surface area contributed by atoms with E-state index in [0.29, 0.717) is 28.5 Å². The lowest BCUT2D eigenvalue weighted by molar-refractivity contribution is -0.137. The van der Waals surface area contributed by atoms with Gasteiger partial charge < -0.3 is 4.90 Å².